The van der Waals surface area contributed by atoms with Gasteiger partial charge in [-0.25, -0.2) is 0 Å². The van der Waals surface area contributed by atoms with Crippen LogP contribution >= 0.6 is 0 Å². The van der Waals surface area contributed by atoms with Gasteiger partial charge in [-0.05, 0) is 34.7 Å². The van der Waals surface area contributed by atoms with Crippen molar-refractivity contribution >= 4 is 16.8 Å². The molecule has 2 N–H and O–H groups in total. The summed E-state index contributed by atoms with van der Waals surface area (Å²) >= 11 is 0. The minimum absolute atomic E-state index is 0.0832. The lowest BCUT2D eigenvalue weighted by molar-refractivity contribution is 0.0748. The van der Waals surface area contributed by atoms with Crippen molar-refractivity contribution in [1.82, 2.24) is 9.47 Å². The van der Waals surface area contributed by atoms with E-state index in [9.17, 15) is 15.0 Å². The number of carbonyl (C=O) groups is 1. The number of benzene rings is 3. The van der Waals surface area contributed by atoms with Crippen molar-refractivity contribution in [1.29, 1.82) is 0 Å². The number of amides is 1. The summed E-state index contributed by atoms with van der Waals surface area (Å²) in [5.41, 5.74) is 3.78. The molecule has 0 atom stereocenters. The molecule has 1 aromatic heterocycles. The molecule has 5 nitrogen and oxygen atoms in total. The Labute approximate surface area is 161 Å². The Morgan fingerprint density at radius 2 is 1.50 bits per heavy atom. The Balaban J connectivity index is 1.56. The van der Waals surface area contributed by atoms with E-state index >= 15 is 0 Å². The Morgan fingerprint density at radius 3 is 2.25 bits per heavy atom. The van der Waals surface area contributed by atoms with E-state index in [1.807, 2.05) is 65.4 Å². The Hall–Kier alpha value is -3.73. The SMILES string of the molecule is O=C(c1cc(-n2ccc3ccccc32)c(O)cc1O)N1Cc2ccccc2C1. The first kappa shape index (κ1) is 16.4. The maximum Gasteiger partial charge on any atom is 0.258 e. The molecular formula is C23H18N2O3. The number of carbonyl (C=O) groups excluding carboxylic acids is 1. The molecule has 3 aromatic carbocycles. The number of aromatic hydroxyl groups is 2. The Morgan fingerprint density at radius 1 is 0.821 bits per heavy atom. The third-order valence-corrected chi connectivity index (χ3v) is 5.31. The maximum absolute atomic E-state index is 13.1. The summed E-state index contributed by atoms with van der Waals surface area (Å²) in [6.45, 7) is 1.02. The first-order valence-corrected chi connectivity index (χ1v) is 9.10. The molecule has 1 amide bonds. The molecule has 138 valence electrons. The molecule has 2 heterocycles. The van der Waals surface area contributed by atoms with Gasteiger partial charge in [-0.3, -0.25) is 4.79 Å². The summed E-state index contributed by atoms with van der Waals surface area (Å²) in [5.74, 6) is -0.565. The van der Waals surface area contributed by atoms with Crippen LogP contribution in [0.25, 0.3) is 16.6 Å². The van der Waals surface area contributed by atoms with Crippen molar-refractivity contribution in [2.75, 3.05) is 0 Å². The van der Waals surface area contributed by atoms with Crippen LogP contribution in [0.5, 0.6) is 11.5 Å². The second-order valence-electron chi connectivity index (χ2n) is 7.03. The number of rotatable bonds is 2. The smallest absolute Gasteiger partial charge is 0.258 e. The standard InChI is InChI=1S/C23H18N2O3/c26-21-12-22(27)20(25-10-9-15-5-3-4-8-19(15)25)11-18(21)23(28)24-13-16-6-1-2-7-17(16)14-24/h1-12,26-27H,13-14H2. The number of nitrogens with zero attached hydrogens (tertiary/aromatic N) is 2. The van der Waals surface area contributed by atoms with Crippen LogP contribution in [0.1, 0.15) is 21.5 Å². The summed E-state index contributed by atoms with van der Waals surface area (Å²) in [5, 5.41) is 21.8. The fourth-order valence-corrected chi connectivity index (χ4v) is 3.87. The molecule has 4 aromatic rings. The van der Waals surface area contributed by atoms with Crippen LogP contribution in [0, 0.1) is 0 Å². The first-order chi connectivity index (χ1) is 13.6. The zero-order chi connectivity index (χ0) is 19.3. The zero-order valence-corrected chi connectivity index (χ0v) is 15.0. The fourth-order valence-electron chi connectivity index (χ4n) is 3.87. The van der Waals surface area contributed by atoms with Crippen LogP contribution in [-0.4, -0.2) is 25.6 Å². The first-order valence-electron chi connectivity index (χ1n) is 9.10. The average molecular weight is 370 g/mol. The molecule has 5 rings (SSSR count). The van der Waals surface area contributed by atoms with Gasteiger partial charge in [-0.2, -0.15) is 0 Å². The average Bonchev–Trinajstić information content (AvgIpc) is 3.32. The molecular weight excluding hydrogens is 352 g/mol. The summed E-state index contributed by atoms with van der Waals surface area (Å²) < 4.78 is 1.82. The molecule has 0 spiro atoms. The quantitative estimate of drug-likeness (QED) is 0.556. The lowest BCUT2D eigenvalue weighted by Gasteiger charge is -2.18. The Kier molecular flexibility index (Phi) is 3.62. The van der Waals surface area contributed by atoms with E-state index in [0.29, 0.717) is 18.8 Å². The number of aromatic nitrogens is 1. The maximum atomic E-state index is 13.1. The third kappa shape index (κ3) is 2.52. The number of fused-ring (bicyclic) bond motifs is 2. The van der Waals surface area contributed by atoms with Crippen LogP contribution in [0.4, 0.5) is 0 Å². The molecule has 0 saturated heterocycles. The zero-order valence-electron chi connectivity index (χ0n) is 15.0. The predicted octanol–water partition coefficient (Wildman–Crippen LogP) is 4.20. The van der Waals surface area contributed by atoms with E-state index < -0.39 is 0 Å². The monoisotopic (exact) mass is 370 g/mol. The molecule has 28 heavy (non-hydrogen) atoms. The fraction of sp³-hybridized carbons (Fsp3) is 0.0870. The number of hydrogen-bond donors (Lipinski definition) is 2. The van der Waals surface area contributed by atoms with Gasteiger partial charge in [0.2, 0.25) is 0 Å². The van der Waals surface area contributed by atoms with Gasteiger partial charge < -0.3 is 19.7 Å². The van der Waals surface area contributed by atoms with Crippen LogP contribution in [0.3, 0.4) is 0 Å². The van der Waals surface area contributed by atoms with Gasteiger partial charge in [0, 0.05) is 25.4 Å². The summed E-state index contributed by atoms with van der Waals surface area (Å²) in [6, 6.07) is 20.5. The highest BCUT2D eigenvalue weighted by molar-refractivity contribution is 5.98. The van der Waals surface area contributed by atoms with E-state index in [1.54, 1.807) is 11.0 Å². The molecule has 0 fully saturated rings. The highest BCUT2D eigenvalue weighted by Crippen LogP contribution is 2.34. The molecule has 1 aliphatic rings. The van der Waals surface area contributed by atoms with Crippen molar-refractivity contribution in [2.24, 2.45) is 0 Å². The second-order valence-corrected chi connectivity index (χ2v) is 7.03. The van der Waals surface area contributed by atoms with Crippen molar-refractivity contribution in [3.63, 3.8) is 0 Å². The van der Waals surface area contributed by atoms with Gasteiger partial charge in [-0.15, -0.1) is 0 Å². The molecule has 0 radical (unpaired) electrons. The van der Waals surface area contributed by atoms with Crippen molar-refractivity contribution < 1.29 is 15.0 Å². The molecule has 0 bridgehead atoms. The van der Waals surface area contributed by atoms with Gasteiger partial charge in [0.15, 0.2) is 0 Å². The molecule has 0 saturated carbocycles. The molecule has 0 unspecified atom stereocenters. The molecule has 1 aliphatic heterocycles. The predicted molar refractivity (Wildman–Crippen MR) is 107 cm³/mol. The lowest BCUT2D eigenvalue weighted by Crippen LogP contribution is -2.25. The number of para-hydroxylation sites is 1. The van der Waals surface area contributed by atoms with Crippen molar-refractivity contribution in [2.45, 2.75) is 13.1 Å². The highest BCUT2D eigenvalue weighted by Gasteiger charge is 2.27. The number of hydrogen-bond acceptors (Lipinski definition) is 3. The minimum Gasteiger partial charge on any atom is -0.507 e. The van der Waals surface area contributed by atoms with Gasteiger partial charge in [0.25, 0.3) is 5.91 Å². The van der Waals surface area contributed by atoms with Crippen LogP contribution < -0.4 is 0 Å². The summed E-state index contributed by atoms with van der Waals surface area (Å²) in [7, 11) is 0. The highest BCUT2D eigenvalue weighted by atomic mass is 16.3. The topological polar surface area (TPSA) is 65.7 Å². The van der Waals surface area contributed by atoms with Gasteiger partial charge in [0.05, 0.1) is 16.8 Å². The van der Waals surface area contributed by atoms with Crippen molar-refractivity contribution in [3.05, 3.63) is 89.6 Å². The van der Waals surface area contributed by atoms with Crippen LogP contribution in [-0.2, 0) is 13.1 Å². The third-order valence-electron chi connectivity index (χ3n) is 5.31. The normalized spacial score (nSPS) is 13.1. The molecule has 5 heteroatoms. The van der Waals surface area contributed by atoms with Crippen LogP contribution in [0.2, 0.25) is 0 Å². The van der Waals surface area contributed by atoms with E-state index in [1.165, 1.54) is 6.07 Å². The second kappa shape index (κ2) is 6.16. The lowest BCUT2D eigenvalue weighted by atomic mass is 10.1. The number of phenols is 2. The van der Waals surface area contributed by atoms with Gasteiger partial charge in [0.1, 0.15) is 11.5 Å². The van der Waals surface area contributed by atoms with E-state index in [4.69, 9.17) is 0 Å². The van der Waals surface area contributed by atoms with E-state index in [-0.39, 0.29) is 23.0 Å². The summed E-state index contributed by atoms with van der Waals surface area (Å²) in [6.07, 6.45) is 1.84. The van der Waals surface area contributed by atoms with Gasteiger partial charge in [-0.1, -0.05) is 42.5 Å². The van der Waals surface area contributed by atoms with Gasteiger partial charge >= 0.3 is 0 Å². The van der Waals surface area contributed by atoms with E-state index in [0.717, 1.165) is 22.0 Å². The van der Waals surface area contributed by atoms with Crippen molar-refractivity contribution in [3.8, 4) is 17.2 Å². The largest absolute Gasteiger partial charge is 0.507 e. The number of phenolic OH excluding ortho intramolecular Hbond substituents is 2. The minimum atomic E-state index is -0.258. The van der Waals surface area contributed by atoms with E-state index in [2.05, 4.69) is 0 Å². The van der Waals surface area contributed by atoms with Crippen LogP contribution in [0.15, 0.2) is 72.9 Å². The Bertz CT molecular complexity index is 1200. The molecule has 0 aliphatic carbocycles. The summed E-state index contributed by atoms with van der Waals surface area (Å²) in [4.78, 5) is 14.8.